The maximum absolute atomic E-state index is 12.4. The summed E-state index contributed by atoms with van der Waals surface area (Å²) >= 11 is 1.91. The second-order valence-corrected chi connectivity index (χ2v) is 5.84. The number of nitrogens with zero attached hydrogens (tertiary/aromatic N) is 1. The summed E-state index contributed by atoms with van der Waals surface area (Å²) in [5, 5.41) is 8.67. The van der Waals surface area contributed by atoms with Gasteiger partial charge in [-0.15, -0.1) is 0 Å². The molecule has 4 heteroatoms. The number of carbonyl (C=O) groups is 1. The number of amides is 1. The number of carbonyl (C=O) groups excluding carboxylic acids is 1. The zero-order valence-electron chi connectivity index (χ0n) is 11.5. The molecule has 106 valence electrons. The molecule has 0 unspecified atom stereocenters. The number of aliphatic hydroxyl groups excluding tert-OH is 1. The quantitative estimate of drug-likeness (QED) is 0.847. The van der Waals surface area contributed by atoms with Crippen LogP contribution >= 0.6 is 11.8 Å². The van der Waals surface area contributed by atoms with Crippen molar-refractivity contribution in [3.05, 3.63) is 35.4 Å². The molecule has 0 radical (unpaired) electrons. The van der Waals surface area contributed by atoms with Gasteiger partial charge in [0.15, 0.2) is 0 Å². The molecule has 1 aliphatic heterocycles. The summed E-state index contributed by atoms with van der Waals surface area (Å²) in [5.74, 6) is 8.12. The number of benzene rings is 1. The Bertz CT molecular complexity index is 493. The number of hydrogen-bond donors (Lipinski definition) is 1. The normalized spacial score (nSPS) is 15.2. The van der Waals surface area contributed by atoms with Gasteiger partial charge < -0.3 is 10.0 Å². The molecular formula is C16H19NO2S. The molecule has 0 spiro atoms. The van der Waals surface area contributed by atoms with Crippen LogP contribution in [0.4, 0.5) is 0 Å². The first-order valence-electron chi connectivity index (χ1n) is 6.88. The van der Waals surface area contributed by atoms with Crippen molar-refractivity contribution in [2.75, 3.05) is 31.2 Å². The monoisotopic (exact) mass is 289 g/mol. The lowest BCUT2D eigenvalue weighted by molar-refractivity contribution is 0.0768. The van der Waals surface area contributed by atoms with Crippen molar-refractivity contribution in [1.82, 2.24) is 4.90 Å². The van der Waals surface area contributed by atoms with Crippen LogP contribution in [0.1, 0.15) is 28.8 Å². The average molecular weight is 289 g/mol. The summed E-state index contributed by atoms with van der Waals surface area (Å²) in [6.07, 6.45) is 1.55. The van der Waals surface area contributed by atoms with Gasteiger partial charge in [-0.05, 0) is 36.4 Å². The Morgan fingerprint density at radius 1 is 1.25 bits per heavy atom. The van der Waals surface area contributed by atoms with Crippen LogP contribution in [0.2, 0.25) is 0 Å². The zero-order chi connectivity index (χ0) is 14.2. The molecule has 1 aliphatic rings. The predicted octanol–water partition coefficient (Wildman–Crippen LogP) is 2.00. The van der Waals surface area contributed by atoms with Crippen molar-refractivity contribution in [3.8, 4) is 11.8 Å². The van der Waals surface area contributed by atoms with E-state index in [-0.39, 0.29) is 12.5 Å². The molecule has 1 fully saturated rings. The summed E-state index contributed by atoms with van der Waals surface area (Å²) in [5.41, 5.74) is 1.60. The van der Waals surface area contributed by atoms with Gasteiger partial charge >= 0.3 is 0 Å². The largest absolute Gasteiger partial charge is 0.395 e. The van der Waals surface area contributed by atoms with Gasteiger partial charge in [0.1, 0.15) is 0 Å². The molecule has 0 saturated carbocycles. The molecule has 1 aromatic rings. The summed E-state index contributed by atoms with van der Waals surface area (Å²) in [7, 11) is 0. The fourth-order valence-corrected chi connectivity index (χ4v) is 2.94. The maximum atomic E-state index is 12.4. The number of aliphatic hydroxyl groups is 1. The fraction of sp³-hybridized carbons (Fsp3) is 0.438. The third-order valence-corrected chi connectivity index (χ3v) is 4.16. The van der Waals surface area contributed by atoms with Crippen molar-refractivity contribution in [1.29, 1.82) is 0 Å². The Kier molecular flexibility index (Phi) is 5.97. The highest BCUT2D eigenvalue weighted by Gasteiger charge is 2.16. The predicted molar refractivity (Wildman–Crippen MR) is 82.9 cm³/mol. The van der Waals surface area contributed by atoms with Crippen LogP contribution in [0.25, 0.3) is 0 Å². The Hall–Kier alpha value is -1.44. The van der Waals surface area contributed by atoms with Gasteiger partial charge in [0, 0.05) is 36.4 Å². The van der Waals surface area contributed by atoms with Crippen molar-refractivity contribution < 1.29 is 9.90 Å². The van der Waals surface area contributed by atoms with Crippen LogP contribution in [0.3, 0.4) is 0 Å². The molecule has 1 aromatic carbocycles. The Morgan fingerprint density at radius 2 is 2.05 bits per heavy atom. The fourth-order valence-electron chi connectivity index (χ4n) is 2.05. The van der Waals surface area contributed by atoms with Crippen molar-refractivity contribution in [2.24, 2.45) is 0 Å². The highest BCUT2D eigenvalue weighted by Crippen LogP contribution is 2.13. The first-order chi connectivity index (χ1) is 9.81. The number of rotatable bonds is 2. The third kappa shape index (κ3) is 4.29. The van der Waals surface area contributed by atoms with E-state index in [9.17, 15) is 4.79 Å². The van der Waals surface area contributed by atoms with Gasteiger partial charge in [0.05, 0.1) is 6.61 Å². The zero-order valence-corrected chi connectivity index (χ0v) is 12.3. The van der Waals surface area contributed by atoms with E-state index < -0.39 is 0 Å². The second kappa shape index (κ2) is 7.98. The van der Waals surface area contributed by atoms with Crippen LogP contribution in [-0.2, 0) is 0 Å². The van der Waals surface area contributed by atoms with Gasteiger partial charge in [-0.3, -0.25) is 4.79 Å². The van der Waals surface area contributed by atoms with Gasteiger partial charge in [-0.2, -0.15) is 11.8 Å². The van der Waals surface area contributed by atoms with Crippen molar-refractivity contribution >= 4 is 17.7 Å². The molecule has 0 aromatic heterocycles. The third-order valence-electron chi connectivity index (χ3n) is 3.11. The van der Waals surface area contributed by atoms with E-state index in [1.807, 2.05) is 40.9 Å². The van der Waals surface area contributed by atoms with E-state index >= 15 is 0 Å². The lowest BCUT2D eigenvalue weighted by atomic mass is 10.1. The Labute approximate surface area is 124 Å². The highest BCUT2D eigenvalue weighted by molar-refractivity contribution is 7.99. The molecule has 2 rings (SSSR count). The average Bonchev–Trinajstić information content (AvgIpc) is 2.77. The smallest absolute Gasteiger partial charge is 0.253 e. The van der Waals surface area contributed by atoms with E-state index in [1.54, 1.807) is 0 Å². The maximum Gasteiger partial charge on any atom is 0.253 e. The van der Waals surface area contributed by atoms with Gasteiger partial charge in [-0.25, -0.2) is 0 Å². The molecule has 1 amide bonds. The summed E-state index contributed by atoms with van der Waals surface area (Å²) in [6, 6.07) is 7.40. The van der Waals surface area contributed by atoms with E-state index in [2.05, 4.69) is 11.8 Å². The Balaban J connectivity index is 2.01. The minimum atomic E-state index is 0.0799. The lowest BCUT2D eigenvalue weighted by Gasteiger charge is -2.19. The molecule has 1 heterocycles. The SMILES string of the molecule is O=C(c1ccc(C#CCCO)cc1)N1CCCSCC1. The summed E-state index contributed by atoms with van der Waals surface area (Å²) in [6.45, 7) is 1.77. The number of thioether (sulfide) groups is 1. The lowest BCUT2D eigenvalue weighted by Crippen LogP contribution is -2.32. The van der Waals surface area contributed by atoms with Crippen LogP contribution in [0, 0.1) is 11.8 Å². The van der Waals surface area contributed by atoms with Crippen LogP contribution < -0.4 is 0 Å². The summed E-state index contributed by atoms with van der Waals surface area (Å²) < 4.78 is 0. The van der Waals surface area contributed by atoms with Crippen molar-refractivity contribution in [3.63, 3.8) is 0 Å². The standard InChI is InChI=1S/C16H19NO2S/c18-11-2-1-4-14-5-7-15(8-6-14)16(19)17-9-3-12-20-13-10-17/h5-8,18H,2-3,9-13H2. The van der Waals surface area contributed by atoms with Gasteiger partial charge in [0.25, 0.3) is 5.91 Å². The minimum absolute atomic E-state index is 0.0799. The van der Waals surface area contributed by atoms with Crippen LogP contribution in [0.5, 0.6) is 0 Å². The summed E-state index contributed by atoms with van der Waals surface area (Å²) in [4.78, 5) is 14.3. The molecule has 1 N–H and O–H groups in total. The van der Waals surface area contributed by atoms with Crippen molar-refractivity contribution in [2.45, 2.75) is 12.8 Å². The van der Waals surface area contributed by atoms with E-state index in [0.29, 0.717) is 6.42 Å². The molecule has 20 heavy (non-hydrogen) atoms. The Morgan fingerprint density at radius 3 is 2.80 bits per heavy atom. The molecular weight excluding hydrogens is 270 g/mol. The first-order valence-corrected chi connectivity index (χ1v) is 8.03. The van der Waals surface area contributed by atoms with E-state index in [4.69, 9.17) is 5.11 Å². The number of hydrogen-bond acceptors (Lipinski definition) is 3. The van der Waals surface area contributed by atoms with Gasteiger partial charge in [-0.1, -0.05) is 11.8 Å². The molecule has 3 nitrogen and oxygen atoms in total. The van der Waals surface area contributed by atoms with E-state index in [1.165, 1.54) is 0 Å². The molecule has 0 atom stereocenters. The van der Waals surface area contributed by atoms with E-state index in [0.717, 1.165) is 42.1 Å². The molecule has 0 bridgehead atoms. The molecule has 1 saturated heterocycles. The van der Waals surface area contributed by atoms with Gasteiger partial charge in [0.2, 0.25) is 0 Å². The highest BCUT2D eigenvalue weighted by atomic mass is 32.2. The minimum Gasteiger partial charge on any atom is -0.395 e. The molecule has 0 aliphatic carbocycles. The van der Waals surface area contributed by atoms with Crippen LogP contribution in [-0.4, -0.2) is 47.1 Å². The second-order valence-electron chi connectivity index (χ2n) is 4.61. The topological polar surface area (TPSA) is 40.5 Å². The van der Waals surface area contributed by atoms with Crippen LogP contribution in [0.15, 0.2) is 24.3 Å². The first kappa shape index (κ1) is 15.0.